The molecule has 148 valence electrons. The largest absolute Gasteiger partial charge is 0.481 e. The molecule has 26 heavy (non-hydrogen) atoms. The molecule has 10 heteroatoms. The van der Waals surface area contributed by atoms with E-state index in [1.54, 1.807) is 0 Å². The van der Waals surface area contributed by atoms with E-state index in [1.165, 1.54) is 4.90 Å². The van der Waals surface area contributed by atoms with Crippen LogP contribution in [0.15, 0.2) is 0 Å². The minimum absolute atomic E-state index is 0.0180. The van der Waals surface area contributed by atoms with Gasteiger partial charge in [0.1, 0.15) is 12.1 Å². The van der Waals surface area contributed by atoms with E-state index in [4.69, 9.17) is 16.6 Å². The standard InChI is InChI=1S/C16H28N4O6/c17-8-2-1-4-11(16(25)26)19-14(23)12-5-3-9-20(12)15(24)10(18)6-7-13(21)22/h10-12H,1-9,17-18H2,(H,19,23)(H,21,22)(H,25,26). The zero-order valence-corrected chi connectivity index (χ0v) is 14.7. The summed E-state index contributed by atoms with van der Waals surface area (Å²) in [6.07, 6.45) is 2.25. The van der Waals surface area contributed by atoms with Crippen molar-refractivity contribution in [1.82, 2.24) is 10.2 Å². The Morgan fingerprint density at radius 2 is 1.85 bits per heavy atom. The maximum atomic E-state index is 12.5. The predicted molar refractivity (Wildman–Crippen MR) is 92.1 cm³/mol. The molecule has 0 bridgehead atoms. The summed E-state index contributed by atoms with van der Waals surface area (Å²) in [4.78, 5) is 48.1. The zero-order chi connectivity index (χ0) is 19.7. The van der Waals surface area contributed by atoms with E-state index in [0.29, 0.717) is 38.8 Å². The number of unbranched alkanes of at least 4 members (excludes halogenated alkanes) is 1. The molecule has 3 atom stereocenters. The van der Waals surface area contributed by atoms with E-state index >= 15 is 0 Å². The van der Waals surface area contributed by atoms with Crippen LogP contribution in [-0.4, -0.2) is 70.1 Å². The van der Waals surface area contributed by atoms with Gasteiger partial charge in [-0.1, -0.05) is 0 Å². The first kappa shape index (κ1) is 21.8. The van der Waals surface area contributed by atoms with Crippen molar-refractivity contribution in [3.8, 4) is 0 Å². The van der Waals surface area contributed by atoms with Crippen LogP contribution >= 0.6 is 0 Å². The number of nitrogens with one attached hydrogen (secondary N) is 1. The van der Waals surface area contributed by atoms with Crippen LogP contribution in [0.2, 0.25) is 0 Å². The summed E-state index contributed by atoms with van der Waals surface area (Å²) < 4.78 is 0. The minimum atomic E-state index is -1.13. The highest BCUT2D eigenvalue weighted by atomic mass is 16.4. The van der Waals surface area contributed by atoms with Gasteiger partial charge in [-0.2, -0.15) is 0 Å². The number of carbonyl (C=O) groups is 4. The third-order valence-electron chi connectivity index (χ3n) is 4.39. The van der Waals surface area contributed by atoms with Crippen molar-refractivity contribution in [1.29, 1.82) is 0 Å². The van der Waals surface area contributed by atoms with Crippen molar-refractivity contribution in [2.24, 2.45) is 11.5 Å². The molecule has 0 aromatic heterocycles. The van der Waals surface area contributed by atoms with Gasteiger partial charge in [-0.15, -0.1) is 0 Å². The molecule has 2 amide bonds. The van der Waals surface area contributed by atoms with E-state index in [1.807, 2.05) is 0 Å². The molecule has 3 unspecified atom stereocenters. The number of hydrogen-bond acceptors (Lipinski definition) is 6. The molecular formula is C16H28N4O6. The number of nitrogens with two attached hydrogens (primary N) is 2. The number of carboxylic acids is 2. The lowest BCUT2D eigenvalue weighted by molar-refractivity contribution is -0.144. The van der Waals surface area contributed by atoms with Crippen LogP contribution in [-0.2, 0) is 19.2 Å². The highest BCUT2D eigenvalue weighted by Gasteiger charge is 2.37. The van der Waals surface area contributed by atoms with Gasteiger partial charge in [-0.25, -0.2) is 4.79 Å². The number of carboxylic acid groups (broad SMARTS) is 2. The SMILES string of the molecule is NCCCCC(NC(=O)C1CCCN1C(=O)C(N)CCC(=O)O)C(=O)O. The van der Waals surface area contributed by atoms with Crippen LogP contribution in [0, 0.1) is 0 Å². The predicted octanol–water partition coefficient (Wildman–Crippen LogP) is -1.13. The normalized spacial score (nSPS) is 19.0. The highest BCUT2D eigenvalue weighted by molar-refractivity contribution is 5.92. The maximum Gasteiger partial charge on any atom is 0.326 e. The summed E-state index contributed by atoms with van der Waals surface area (Å²) in [6, 6.07) is -2.82. The second-order valence-electron chi connectivity index (χ2n) is 6.41. The molecule has 0 aromatic rings. The molecule has 0 radical (unpaired) electrons. The Kier molecular flexibility index (Phi) is 9.00. The molecule has 0 aliphatic carbocycles. The molecule has 7 N–H and O–H groups in total. The van der Waals surface area contributed by atoms with Crippen molar-refractivity contribution >= 4 is 23.8 Å². The van der Waals surface area contributed by atoms with Gasteiger partial charge < -0.3 is 31.9 Å². The van der Waals surface area contributed by atoms with Gasteiger partial charge in [-0.05, 0) is 45.1 Å². The average molecular weight is 372 g/mol. The Hall–Kier alpha value is -2.20. The first-order valence-corrected chi connectivity index (χ1v) is 8.79. The summed E-state index contributed by atoms with van der Waals surface area (Å²) in [5.41, 5.74) is 11.1. The molecule has 1 aliphatic heterocycles. The van der Waals surface area contributed by atoms with Gasteiger partial charge >= 0.3 is 11.9 Å². The summed E-state index contributed by atoms with van der Waals surface area (Å²) in [5, 5.41) is 20.4. The summed E-state index contributed by atoms with van der Waals surface area (Å²) >= 11 is 0. The molecule has 1 rings (SSSR count). The number of likely N-dealkylation sites (tertiary alicyclic amines) is 1. The third-order valence-corrected chi connectivity index (χ3v) is 4.39. The van der Waals surface area contributed by atoms with Crippen LogP contribution in [0.4, 0.5) is 0 Å². The fraction of sp³-hybridized carbons (Fsp3) is 0.750. The van der Waals surface area contributed by atoms with E-state index in [9.17, 15) is 24.3 Å². The van der Waals surface area contributed by atoms with E-state index in [-0.39, 0.29) is 19.3 Å². The highest BCUT2D eigenvalue weighted by Crippen LogP contribution is 2.19. The van der Waals surface area contributed by atoms with Crippen molar-refractivity contribution in [2.45, 2.75) is 63.1 Å². The summed E-state index contributed by atoms with van der Waals surface area (Å²) in [5.74, 6) is -3.20. The van der Waals surface area contributed by atoms with E-state index in [0.717, 1.165) is 0 Å². The van der Waals surface area contributed by atoms with Crippen LogP contribution in [0.3, 0.4) is 0 Å². The maximum absolute atomic E-state index is 12.5. The fourth-order valence-electron chi connectivity index (χ4n) is 2.94. The molecule has 1 fully saturated rings. The lowest BCUT2D eigenvalue weighted by Crippen LogP contribution is -2.53. The van der Waals surface area contributed by atoms with E-state index < -0.39 is 41.9 Å². The summed E-state index contributed by atoms with van der Waals surface area (Å²) in [7, 11) is 0. The molecule has 1 aliphatic rings. The second kappa shape index (κ2) is 10.7. The molecule has 0 aromatic carbocycles. The number of nitrogens with zero attached hydrogens (tertiary/aromatic N) is 1. The Bertz CT molecular complexity index is 527. The lowest BCUT2D eigenvalue weighted by Gasteiger charge is -2.27. The summed E-state index contributed by atoms with van der Waals surface area (Å²) in [6.45, 7) is 0.780. The van der Waals surface area contributed by atoms with Crippen molar-refractivity contribution in [2.75, 3.05) is 13.1 Å². The average Bonchev–Trinajstić information content (AvgIpc) is 3.07. The number of amides is 2. The lowest BCUT2D eigenvalue weighted by atomic mass is 10.1. The number of carbonyl (C=O) groups excluding carboxylic acids is 2. The topological polar surface area (TPSA) is 176 Å². The molecular weight excluding hydrogens is 344 g/mol. The number of aliphatic carboxylic acids is 2. The van der Waals surface area contributed by atoms with Crippen molar-refractivity contribution in [3.05, 3.63) is 0 Å². The van der Waals surface area contributed by atoms with Gasteiger partial charge in [0.25, 0.3) is 0 Å². The van der Waals surface area contributed by atoms with Gasteiger partial charge in [0.15, 0.2) is 0 Å². The van der Waals surface area contributed by atoms with Gasteiger partial charge in [0.2, 0.25) is 11.8 Å². The Morgan fingerprint density at radius 1 is 1.15 bits per heavy atom. The Morgan fingerprint density at radius 3 is 2.42 bits per heavy atom. The fourth-order valence-corrected chi connectivity index (χ4v) is 2.94. The van der Waals surface area contributed by atoms with Crippen molar-refractivity contribution < 1.29 is 29.4 Å². The Balaban J connectivity index is 2.66. The molecule has 0 saturated carbocycles. The number of hydrogen-bond donors (Lipinski definition) is 5. The van der Waals surface area contributed by atoms with Crippen LogP contribution in [0.5, 0.6) is 0 Å². The second-order valence-corrected chi connectivity index (χ2v) is 6.41. The Labute approximate surface area is 151 Å². The van der Waals surface area contributed by atoms with Gasteiger partial charge in [-0.3, -0.25) is 14.4 Å². The zero-order valence-electron chi connectivity index (χ0n) is 14.7. The first-order chi connectivity index (χ1) is 12.3. The monoisotopic (exact) mass is 372 g/mol. The van der Waals surface area contributed by atoms with Crippen LogP contribution in [0.25, 0.3) is 0 Å². The molecule has 10 nitrogen and oxygen atoms in total. The van der Waals surface area contributed by atoms with Gasteiger partial charge in [0.05, 0.1) is 6.04 Å². The van der Waals surface area contributed by atoms with Crippen molar-refractivity contribution in [3.63, 3.8) is 0 Å². The number of rotatable bonds is 11. The molecule has 1 heterocycles. The molecule has 0 spiro atoms. The van der Waals surface area contributed by atoms with E-state index in [2.05, 4.69) is 5.32 Å². The van der Waals surface area contributed by atoms with Crippen LogP contribution in [0.1, 0.15) is 44.9 Å². The third kappa shape index (κ3) is 6.60. The first-order valence-electron chi connectivity index (χ1n) is 8.79. The minimum Gasteiger partial charge on any atom is -0.481 e. The van der Waals surface area contributed by atoms with Crippen LogP contribution < -0.4 is 16.8 Å². The van der Waals surface area contributed by atoms with Gasteiger partial charge in [0, 0.05) is 13.0 Å². The quantitative estimate of drug-likeness (QED) is 0.283. The molecule has 1 saturated heterocycles. The smallest absolute Gasteiger partial charge is 0.326 e.